The normalized spacial score (nSPS) is 10.5. The van der Waals surface area contributed by atoms with E-state index in [1.54, 1.807) is 12.1 Å². The van der Waals surface area contributed by atoms with Gasteiger partial charge < -0.3 is 23.7 Å². The van der Waals surface area contributed by atoms with Gasteiger partial charge in [0.05, 0.1) is 5.56 Å². The molecule has 1 aromatic heterocycles. The van der Waals surface area contributed by atoms with Gasteiger partial charge in [-0.2, -0.15) is 0 Å². The molecular weight excluding hydrogens is 396 g/mol. The molecule has 1 heterocycles. The van der Waals surface area contributed by atoms with E-state index in [0.29, 0.717) is 11.3 Å². The van der Waals surface area contributed by atoms with Gasteiger partial charge in [-0.05, 0) is 17.7 Å². The Bertz CT molecular complexity index is 1190. The maximum atomic E-state index is 12.9. The standard InChI is InChI=1S/C21H16O9/c1-11(22)27-10-19(25)30-15-7-17(24)20-18(8-15)28-9-16(21(20)26)13-3-5-14(6-4-13)29-12(2)23/h3-9,24H,10H2,1-2H3. The Balaban J connectivity index is 1.92. The van der Waals surface area contributed by atoms with Crippen LogP contribution in [0.3, 0.4) is 0 Å². The van der Waals surface area contributed by atoms with Gasteiger partial charge in [-0.1, -0.05) is 12.1 Å². The first kappa shape index (κ1) is 20.6. The van der Waals surface area contributed by atoms with Crippen molar-refractivity contribution in [2.45, 2.75) is 13.8 Å². The summed E-state index contributed by atoms with van der Waals surface area (Å²) in [4.78, 5) is 46.3. The Kier molecular flexibility index (Phi) is 5.82. The van der Waals surface area contributed by atoms with Crippen molar-refractivity contribution in [3.8, 4) is 28.4 Å². The molecule has 3 rings (SSSR count). The topological polar surface area (TPSA) is 129 Å². The minimum absolute atomic E-state index is 0.00410. The lowest BCUT2D eigenvalue weighted by Crippen LogP contribution is -2.17. The summed E-state index contributed by atoms with van der Waals surface area (Å²) in [6, 6.07) is 8.52. The van der Waals surface area contributed by atoms with Crippen LogP contribution in [0.5, 0.6) is 17.2 Å². The third kappa shape index (κ3) is 4.64. The van der Waals surface area contributed by atoms with Crippen LogP contribution in [0.25, 0.3) is 22.1 Å². The van der Waals surface area contributed by atoms with Gasteiger partial charge >= 0.3 is 17.9 Å². The predicted molar refractivity (Wildman–Crippen MR) is 103 cm³/mol. The number of ether oxygens (including phenoxy) is 3. The molecule has 0 aliphatic carbocycles. The van der Waals surface area contributed by atoms with E-state index >= 15 is 0 Å². The van der Waals surface area contributed by atoms with Crippen LogP contribution < -0.4 is 14.9 Å². The molecule has 0 fully saturated rings. The van der Waals surface area contributed by atoms with Crippen molar-refractivity contribution in [3.05, 3.63) is 52.9 Å². The van der Waals surface area contributed by atoms with Crippen LogP contribution in [-0.4, -0.2) is 29.6 Å². The highest BCUT2D eigenvalue weighted by Crippen LogP contribution is 2.30. The molecule has 0 unspecified atom stereocenters. The number of carbonyl (C=O) groups is 3. The van der Waals surface area contributed by atoms with Crippen LogP contribution in [-0.2, 0) is 19.1 Å². The maximum absolute atomic E-state index is 12.9. The number of fused-ring (bicyclic) bond motifs is 1. The zero-order chi connectivity index (χ0) is 21.8. The van der Waals surface area contributed by atoms with Crippen molar-refractivity contribution in [1.82, 2.24) is 0 Å². The van der Waals surface area contributed by atoms with Crippen LogP contribution in [0.15, 0.2) is 51.9 Å². The van der Waals surface area contributed by atoms with Gasteiger partial charge in [0.15, 0.2) is 6.61 Å². The number of esters is 3. The number of phenols is 1. The van der Waals surface area contributed by atoms with Gasteiger partial charge in [0, 0.05) is 26.0 Å². The Hall–Kier alpha value is -4.14. The number of benzene rings is 2. The molecule has 0 spiro atoms. The summed E-state index contributed by atoms with van der Waals surface area (Å²) in [5, 5.41) is 10.2. The fourth-order valence-corrected chi connectivity index (χ4v) is 2.66. The predicted octanol–water partition coefficient (Wildman–Crippen LogP) is 2.56. The Morgan fingerprint density at radius 1 is 0.967 bits per heavy atom. The maximum Gasteiger partial charge on any atom is 0.349 e. The smallest absolute Gasteiger partial charge is 0.349 e. The molecule has 0 bridgehead atoms. The van der Waals surface area contributed by atoms with Gasteiger partial charge in [0.25, 0.3) is 0 Å². The Morgan fingerprint density at radius 2 is 1.67 bits per heavy atom. The molecule has 3 aromatic rings. The van der Waals surface area contributed by atoms with Gasteiger partial charge in [-0.3, -0.25) is 14.4 Å². The summed E-state index contributed by atoms with van der Waals surface area (Å²) in [6.45, 7) is 1.82. The number of aromatic hydroxyl groups is 1. The van der Waals surface area contributed by atoms with Crippen LogP contribution in [0.4, 0.5) is 0 Å². The molecule has 9 heteroatoms. The molecule has 0 saturated heterocycles. The molecule has 0 aliphatic rings. The first-order chi connectivity index (χ1) is 14.2. The Morgan fingerprint density at radius 3 is 2.30 bits per heavy atom. The molecule has 0 radical (unpaired) electrons. The van der Waals surface area contributed by atoms with E-state index < -0.39 is 35.7 Å². The second-order valence-corrected chi connectivity index (χ2v) is 6.17. The summed E-state index contributed by atoms with van der Waals surface area (Å²) >= 11 is 0. The zero-order valence-corrected chi connectivity index (χ0v) is 16.0. The molecule has 1 N–H and O–H groups in total. The highest BCUT2D eigenvalue weighted by molar-refractivity contribution is 5.89. The number of rotatable bonds is 5. The number of carbonyl (C=O) groups excluding carboxylic acids is 3. The summed E-state index contributed by atoms with van der Waals surface area (Å²) in [5.74, 6) is -2.20. The average Bonchev–Trinajstić information content (AvgIpc) is 2.67. The van der Waals surface area contributed by atoms with E-state index in [9.17, 15) is 24.3 Å². The van der Waals surface area contributed by atoms with Crippen LogP contribution >= 0.6 is 0 Å². The summed E-state index contributed by atoms with van der Waals surface area (Å²) < 4.78 is 19.9. The highest BCUT2D eigenvalue weighted by atomic mass is 16.6. The van der Waals surface area contributed by atoms with Crippen molar-refractivity contribution >= 4 is 28.9 Å². The lowest BCUT2D eigenvalue weighted by Gasteiger charge is -2.08. The van der Waals surface area contributed by atoms with Crippen LogP contribution in [0, 0.1) is 0 Å². The zero-order valence-electron chi connectivity index (χ0n) is 16.0. The van der Waals surface area contributed by atoms with Crippen LogP contribution in [0.2, 0.25) is 0 Å². The van der Waals surface area contributed by atoms with E-state index in [0.717, 1.165) is 13.0 Å². The van der Waals surface area contributed by atoms with E-state index in [-0.39, 0.29) is 22.3 Å². The SMILES string of the molecule is CC(=O)OCC(=O)Oc1cc(O)c2c(=O)c(-c3ccc(OC(C)=O)cc3)coc2c1. The van der Waals surface area contributed by atoms with Gasteiger partial charge in [-0.15, -0.1) is 0 Å². The van der Waals surface area contributed by atoms with Crippen LogP contribution in [0.1, 0.15) is 13.8 Å². The molecule has 2 aromatic carbocycles. The van der Waals surface area contributed by atoms with Crippen molar-refractivity contribution in [3.63, 3.8) is 0 Å². The average molecular weight is 412 g/mol. The fourth-order valence-electron chi connectivity index (χ4n) is 2.66. The van der Waals surface area contributed by atoms with Crippen molar-refractivity contribution < 1.29 is 38.1 Å². The van der Waals surface area contributed by atoms with E-state index in [1.165, 1.54) is 31.4 Å². The second kappa shape index (κ2) is 8.48. The summed E-state index contributed by atoms with van der Waals surface area (Å²) in [7, 11) is 0. The highest BCUT2D eigenvalue weighted by Gasteiger charge is 2.16. The van der Waals surface area contributed by atoms with Crippen molar-refractivity contribution in [2.24, 2.45) is 0 Å². The molecule has 0 saturated carbocycles. The first-order valence-corrected chi connectivity index (χ1v) is 8.66. The van der Waals surface area contributed by atoms with Gasteiger partial charge in [0.2, 0.25) is 5.43 Å². The molecule has 0 atom stereocenters. The summed E-state index contributed by atoms with van der Waals surface area (Å²) in [6.07, 6.45) is 1.20. The van der Waals surface area contributed by atoms with Gasteiger partial charge in [-0.25, -0.2) is 4.79 Å². The summed E-state index contributed by atoms with van der Waals surface area (Å²) in [5.41, 5.74) is 0.145. The minimum Gasteiger partial charge on any atom is -0.507 e. The molecular formula is C21H16O9. The number of hydrogen-bond acceptors (Lipinski definition) is 9. The van der Waals surface area contributed by atoms with Crippen molar-refractivity contribution in [1.29, 1.82) is 0 Å². The minimum atomic E-state index is -0.865. The molecule has 30 heavy (non-hydrogen) atoms. The second-order valence-electron chi connectivity index (χ2n) is 6.17. The first-order valence-electron chi connectivity index (χ1n) is 8.66. The molecule has 9 nitrogen and oxygen atoms in total. The van der Waals surface area contributed by atoms with E-state index in [4.69, 9.17) is 13.9 Å². The third-order valence-electron chi connectivity index (χ3n) is 3.88. The van der Waals surface area contributed by atoms with Crippen molar-refractivity contribution in [2.75, 3.05) is 6.61 Å². The fraction of sp³-hybridized carbons (Fsp3) is 0.143. The monoisotopic (exact) mass is 412 g/mol. The Labute approximate surface area is 169 Å². The molecule has 0 aliphatic heterocycles. The number of hydrogen-bond donors (Lipinski definition) is 1. The van der Waals surface area contributed by atoms with E-state index in [1.807, 2.05) is 0 Å². The molecule has 154 valence electrons. The molecule has 0 amide bonds. The quantitative estimate of drug-likeness (QED) is 0.496. The number of phenolic OH excluding ortho intramolecular Hbond substituents is 1. The lowest BCUT2D eigenvalue weighted by molar-refractivity contribution is -0.152. The van der Waals surface area contributed by atoms with Gasteiger partial charge in [0.1, 0.15) is 34.5 Å². The largest absolute Gasteiger partial charge is 0.507 e. The van der Waals surface area contributed by atoms with E-state index in [2.05, 4.69) is 4.74 Å². The lowest BCUT2D eigenvalue weighted by atomic mass is 10.0. The third-order valence-corrected chi connectivity index (χ3v) is 3.88.